The summed E-state index contributed by atoms with van der Waals surface area (Å²) in [5.74, 6) is 1.12. The largest absolute Gasteiger partial charge is 0.460 e. The maximum absolute atomic E-state index is 13.4. The molecule has 204 valence electrons. The van der Waals surface area contributed by atoms with E-state index >= 15 is 0 Å². The van der Waals surface area contributed by atoms with Crippen molar-refractivity contribution in [1.29, 1.82) is 0 Å². The van der Waals surface area contributed by atoms with Crippen LogP contribution in [0.25, 0.3) is 55.7 Å². The van der Waals surface area contributed by atoms with Gasteiger partial charge < -0.3 is 8.83 Å². The van der Waals surface area contributed by atoms with Crippen molar-refractivity contribution < 1.29 is 17.3 Å². The van der Waals surface area contributed by atoms with Gasteiger partial charge >= 0.3 is 0 Å². The van der Waals surface area contributed by atoms with Crippen molar-refractivity contribution in [3.05, 3.63) is 125 Å². The Hall–Kier alpha value is -4.61. The number of rotatable bonds is 2. The second-order valence-corrected chi connectivity index (χ2v) is 13.6. The number of hydrogen-bond donors (Lipinski definition) is 0. The number of benzene rings is 4. The molecule has 3 aliphatic rings. The van der Waals surface area contributed by atoms with Gasteiger partial charge in [-0.25, -0.2) is 8.42 Å². The topological polar surface area (TPSA) is 60.4 Å². The highest BCUT2D eigenvalue weighted by atomic mass is 32.2. The molecule has 0 saturated carbocycles. The van der Waals surface area contributed by atoms with E-state index in [1.807, 2.05) is 48.5 Å². The number of allylic oxidation sites excluding steroid dienone is 4. The van der Waals surface area contributed by atoms with Crippen LogP contribution < -0.4 is 0 Å². The summed E-state index contributed by atoms with van der Waals surface area (Å²) in [7, 11) is -3.41. The Morgan fingerprint density at radius 2 is 1.48 bits per heavy atom. The molecule has 5 heteroatoms. The quantitative estimate of drug-likeness (QED) is 0.210. The molecule has 0 bridgehead atoms. The Morgan fingerprint density at radius 3 is 2.40 bits per heavy atom. The number of furan rings is 2. The van der Waals surface area contributed by atoms with Gasteiger partial charge in [0.1, 0.15) is 22.5 Å². The molecule has 2 aliphatic carbocycles. The van der Waals surface area contributed by atoms with Crippen LogP contribution in [0.4, 0.5) is 0 Å². The van der Waals surface area contributed by atoms with E-state index in [0.717, 1.165) is 91.3 Å². The molecule has 4 aromatic carbocycles. The van der Waals surface area contributed by atoms with Crippen LogP contribution in [0.1, 0.15) is 41.2 Å². The Balaban J connectivity index is 1.14. The van der Waals surface area contributed by atoms with Crippen LogP contribution in [0.3, 0.4) is 0 Å². The van der Waals surface area contributed by atoms with Crippen LogP contribution >= 0.6 is 0 Å². The molecule has 0 saturated heterocycles. The van der Waals surface area contributed by atoms with E-state index in [-0.39, 0.29) is 11.7 Å². The van der Waals surface area contributed by atoms with Crippen LogP contribution in [0, 0.1) is 0 Å². The van der Waals surface area contributed by atoms with Crippen molar-refractivity contribution in [2.75, 3.05) is 5.75 Å². The van der Waals surface area contributed by atoms with Crippen molar-refractivity contribution in [1.82, 2.24) is 0 Å². The van der Waals surface area contributed by atoms with Crippen LogP contribution in [0.15, 0.2) is 116 Å². The number of fused-ring (bicyclic) bond motifs is 9. The summed E-state index contributed by atoms with van der Waals surface area (Å²) in [6, 6.07) is 26.6. The highest BCUT2D eigenvalue weighted by molar-refractivity contribution is 7.91. The maximum atomic E-state index is 13.4. The number of sulfone groups is 1. The van der Waals surface area contributed by atoms with Gasteiger partial charge in [0.2, 0.25) is 0 Å². The normalized spacial score (nSPS) is 18.9. The average Bonchev–Trinajstić information content (AvgIpc) is 3.58. The fourth-order valence-electron chi connectivity index (χ4n) is 7.05. The monoisotopic (exact) mass is 566 g/mol. The predicted molar refractivity (Wildman–Crippen MR) is 168 cm³/mol. The lowest BCUT2D eigenvalue weighted by Crippen LogP contribution is -2.24. The van der Waals surface area contributed by atoms with Crippen molar-refractivity contribution in [3.63, 3.8) is 0 Å². The van der Waals surface area contributed by atoms with Crippen LogP contribution in [-0.4, -0.2) is 14.2 Å². The molecule has 1 aliphatic heterocycles. The van der Waals surface area contributed by atoms with E-state index < -0.39 is 9.84 Å². The number of para-hydroxylation sites is 1. The Kier molecular flexibility index (Phi) is 4.98. The minimum absolute atomic E-state index is 0.00798. The third-order valence-electron chi connectivity index (χ3n) is 9.15. The third-order valence-corrected chi connectivity index (χ3v) is 10.9. The summed E-state index contributed by atoms with van der Waals surface area (Å²) in [4.78, 5) is 0.454. The first kappa shape index (κ1) is 24.0. The molecule has 3 heterocycles. The Bertz CT molecular complexity index is 2320. The zero-order chi connectivity index (χ0) is 28.0. The fourth-order valence-corrected chi connectivity index (χ4v) is 8.78. The zero-order valence-electron chi connectivity index (χ0n) is 22.8. The fraction of sp³-hybridized carbons (Fsp3) is 0.135. The van der Waals surface area contributed by atoms with E-state index in [0.29, 0.717) is 4.90 Å². The van der Waals surface area contributed by atoms with Gasteiger partial charge in [-0.1, -0.05) is 60.7 Å². The van der Waals surface area contributed by atoms with Crippen molar-refractivity contribution >= 4 is 54.4 Å². The van der Waals surface area contributed by atoms with E-state index in [1.165, 1.54) is 5.57 Å². The summed E-state index contributed by atoms with van der Waals surface area (Å²) in [5, 5.41) is 3.31. The van der Waals surface area contributed by atoms with Crippen LogP contribution in [0.2, 0.25) is 0 Å². The maximum Gasteiger partial charge on any atom is 0.182 e. The van der Waals surface area contributed by atoms with Gasteiger partial charge in [0.05, 0.1) is 10.6 Å². The van der Waals surface area contributed by atoms with Crippen LogP contribution in [-0.2, 0) is 16.3 Å². The number of aryl methyl sites for hydroxylation is 1. The smallest absolute Gasteiger partial charge is 0.182 e. The average molecular weight is 567 g/mol. The third kappa shape index (κ3) is 3.56. The van der Waals surface area contributed by atoms with E-state index in [1.54, 1.807) is 0 Å². The van der Waals surface area contributed by atoms with Crippen molar-refractivity contribution in [2.24, 2.45) is 0 Å². The van der Waals surface area contributed by atoms with Crippen LogP contribution in [0.5, 0.6) is 0 Å². The lowest BCUT2D eigenvalue weighted by atomic mass is 9.79. The molecule has 4 nitrogen and oxygen atoms in total. The van der Waals surface area contributed by atoms with Crippen molar-refractivity contribution in [3.8, 4) is 11.1 Å². The molecule has 0 amide bonds. The zero-order valence-corrected chi connectivity index (χ0v) is 23.6. The molecule has 9 rings (SSSR count). The summed E-state index contributed by atoms with van der Waals surface area (Å²) in [6.45, 7) is 0. The summed E-state index contributed by atoms with van der Waals surface area (Å²) < 4.78 is 38.9. The van der Waals surface area contributed by atoms with E-state index in [4.69, 9.17) is 8.83 Å². The minimum Gasteiger partial charge on any atom is -0.460 e. The molecular weight excluding hydrogens is 540 g/mol. The summed E-state index contributed by atoms with van der Waals surface area (Å²) in [6.07, 6.45) is 11.2. The lowest BCUT2D eigenvalue weighted by molar-refractivity contribution is 0.546. The highest BCUT2D eigenvalue weighted by Gasteiger charge is 2.36. The van der Waals surface area contributed by atoms with E-state index in [9.17, 15) is 8.42 Å². The predicted octanol–water partition coefficient (Wildman–Crippen LogP) is 9.24. The van der Waals surface area contributed by atoms with Gasteiger partial charge in [-0.2, -0.15) is 0 Å². The minimum atomic E-state index is -3.41. The molecule has 0 spiro atoms. The molecule has 2 aromatic heterocycles. The molecular formula is C37H26O4S. The molecule has 1 unspecified atom stereocenters. The summed E-state index contributed by atoms with van der Waals surface area (Å²) >= 11 is 0. The lowest BCUT2D eigenvalue weighted by Gasteiger charge is -2.32. The Labute approximate surface area is 243 Å². The first-order chi connectivity index (χ1) is 20.5. The number of hydrogen-bond acceptors (Lipinski definition) is 4. The first-order valence-electron chi connectivity index (χ1n) is 14.4. The first-order valence-corrected chi connectivity index (χ1v) is 16.1. The summed E-state index contributed by atoms with van der Waals surface area (Å²) in [5.41, 5.74) is 10.1. The van der Waals surface area contributed by atoms with Gasteiger partial charge in [0.15, 0.2) is 9.84 Å². The second-order valence-electron chi connectivity index (χ2n) is 11.6. The Morgan fingerprint density at radius 1 is 0.714 bits per heavy atom. The second kappa shape index (κ2) is 8.70. The van der Waals surface area contributed by atoms with Gasteiger partial charge in [-0.05, 0) is 88.7 Å². The van der Waals surface area contributed by atoms with Crippen molar-refractivity contribution in [2.45, 2.75) is 30.1 Å². The van der Waals surface area contributed by atoms with E-state index in [2.05, 4.69) is 54.6 Å². The molecule has 0 radical (unpaired) electrons. The van der Waals surface area contributed by atoms with Gasteiger partial charge in [-0.15, -0.1) is 0 Å². The van der Waals surface area contributed by atoms with Gasteiger partial charge in [0, 0.05) is 34.1 Å². The molecule has 0 N–H and O–H groups in total. The molecule has 42 heavy (non-hydrogen) atoms. The molecule has 0 fully saturated rings. The van der Waals surface area contributed by atoms with Gasteiger partial charge in [0.25, 0.3) is 0 Å². The molecule has 1 atom stereocenters. The molecule has 6 aromatic rings. The van der Waals surface area contributed by atoms with Gasteiger partial charge in [-0.3, -0.25) is 0 Å². The SMILES string of the molecule is O=S1(=O)CC2=CC=C(c3ccc4oc5ccccc5c4c3)CC2c2cc(-c3ccc4oc5c(c4c3)C=CCC5)ccc21. The standard InChI is InChI=1S/C37H26O4S/c38-42(39)21-26-10-9-22(23-11-14-35-30(18-23)27-5-1-3-7-33(27)40-35)17-29(26)32-20-25(13-16-37(32)42)24-12-15-36-31(19-24)28-6-2-4-8-34(28)41-36/h1-3,5-7,9-16,18-20,29H,4,8,17,21H2. The highest BCUT2D eigenvalue weighted by Crippen LogP contribution is 2.47.